The third-order valence-electron chi connectivity index (χ3n) is 3.46. The fourth-order valence-electron chi connectivity index (χ4n) is 2.28. The Morgan fingerprint density at radius 3 is 2.61 bits per heavy atom. The van der Waals surface area contributed by atoms with Crippen LogP contribution in [0.25, 0.3) is 0 Å². The number of hydrogen-bond donors (Lipinski definition) is 1. The van der Waals surface area contributed by atoms with Crippen molar-refractivity contribution in [1.29, 1.82) is 0 Å². The lowest BCUT2D eigenvalue weighted by molar-refractivity contribution is 0.695. The van der Waals surface area contributed by atoms with Gasteiger partial charge in [-0.05, 0) is 32.0 Å². The summed E-state index contributed by atoms with van der Waals surface area (Å²) in [6.07, 6.45) is 0.950. The molecule has 1 aromatic heterocycles. The first-order chi connectivity index (χ1) is 8.63. The molecule has 3 nitrogen and oxygen atoms in total. The summed E-state index contributed by atoms with van der Waals surface area (Å²) in [6.45, 7) is 5.06. The first kappa shape index (κ1) is 12.8. The Balaban J connectivity index is 2.32. The quantitative estimate of drug-likeness (QED) is 0.893. The van der Waals surface area contributed by atoms with Crippen molar-refractivity contribution in [3.05, 3.63) is 52.6 Å². The highest BCUT2D eigenvalue weighted by Gasteiger charge is 2.12. The molecule has 0 saturated carbocycles. The van der Waals surface area contributed by atoms with Crippen molar-refractivity contribution in [1.82, 2.24) is 14.9 Å². The van der Waals surface area contributed by atoms with Crippen LogP contribution in [0.1, 0.15) is 28.3 Å². The van der Waals surface area contributed by atoms with Crippen molar-refractivity contribution < 1.29 is 0 Å². The Labute approximate surface area is 109 Å². The molecule has 2 rings (SSSR count). The summed E-state index contributed by atoms with van der Waals surface area (Å²) in [4.78, 5) is 4.63. The van der Waals surface area contributed by atoms with Crippen molar-refractivity contribution in [2.24, 2.45) is 7.05 Å². The minimum absolute atomic E-state index is 0.811. The monoisotopic (exact) mass is 243 g/mol. The van der Waals surface area contributed by atoms with E-state index in [4.69, 9.17) is 0 Å². The van der Waals surface area contributed by atoms with E-state index in [0.717, 1.165) is 24.5 Å². The van der Waals surface area contributed by atoms with E-state index in [9.17, 15) is 0 Å². The molecule has 3 heteroatoms. The highest BCUT2D eigenvalue weighted by molar-refractivity contribution is 5.31. The minimum atomic E-state index is 0.811. The third-order valence-corrected chi connectivity index (χ3v) is 3.46. The number of hydrogen-bond acceptors (Lipinski definition) is 2. The molecule has 1 N–H and O–H groups in total. The molecule has 18 heavy (non-hydrogen) atoms. The predicted octanol–water partition coefficient (Wildman–Crippen LogP) is 2.35. The van der Waals surface area contributed by atoms with Gasteiger partial charge >= 0.3 is 0 Å². The number of nitrogens with one attached hydrogen (secondary N) is 1. The lowest BCUT2D eigenvalue weighted by Gasteiger charge is -2.08. The van der Waals surface area contributed by atoms with E-state index in [1.165, 1.54) is 16.8 Å². The molecular formula is C15H21N3. The molecular weight excluding hydrogens is 222 g/mol. The van der Waals surface area contributed by atoms with Gasteiger partial charge in [-0.3, -0.25) is 0 Å². The molecule has 0 aliphatic rings. The Morgan fingerprint density at radius 2 is 1.94 bits per heavy atom. The van der Waals surface area contributed by atoms with E-state index in [1.54, 1.807) is 0 Å². The van der Waals surface area contributed by atoms with Crippen LogP contribution in [0.5, 0.6) is 0 Å². The van der Waals surface area contributed by atoms with Gasteiger partial charge in [0, 0.05) is 19.2 Å². The van der Waals surface area contributed by atoms with Gasteiger partial charge in [0.25, 0.3) is 0 Å². The zero-order valence-electron chi connectivity index (χ0n) is 11.6. The van der Waals surface area contributed by atoms with Gasteiger partial charge in [0.15, 0.2) is 0 Å². The molecule has 0 unspecified atom stereocenters. The molecule has 0 aliphatic carbocycles. The maximum atomic E-state index is 4.63. The van der Waals surface area contributed by atoms with Crippen LogP contribution in [-0.4, -0.2) is 16.6 Å². The van der Waals surface area contributed by atoms with E-state index in [1.807, 2.05) is 7.05 Å². The second kappa shape index (κ2) is 5.36. The number of rotatable bonds is 4. The Kier molecular flexibility index (Phi) is 3.82. The number of imidazole rings is 1. The second-order valence-electron chi connectivity index (χ2n) is 4.75. The van der Waals surface area contributed by atoms with Crippen LogP contribution in [0.2, 0.25) is 0 Å². The fourth-order valence-corrected chi connectivity index (χ4v) is 2.28. The number of aromatic nitrogens is 2. The van der Waals surface area contributed by atoms with Crippen LogP contribution in [0.15, 0.2) is 24.3 Å². The highest BCUT2D eigenvalue weighted by atomic mass is 15.1. The molecule has 2 aromatic rings. The van der Waals surface area contributed by atoms with Crippen molar-refractivity contribution in [3.63, 3.8) is 0 Å². The Bertz CT molecular complexity index is 541. The SMILES string of the molecule is CNCc1nc(C)c(Cc2ccccc2C)n1C. The Morgan fingerprint density at radius 1 is 1.22 bits per heavy atom. The van der Waals surface area contributed by atoms with Crippen molar-refractivity contribution in [2.45, 2.75) is 26.8 Å². The standard InChI is InChI=1S/C15H21N3/c1-11-7-5-6-8-13(11)9-14-12(2)17-15(10-16-3)18(14)4/h5-8,16H,9-10H2,1-4H3. The molecule has 0 saturated heterocycles. The molecule has 1 aromatic carbocycles. The van der Waals surface area contributed by atoms with Crippen LogP contribution >= 0.6 is 0 Å². The molecule has 0 atom stereocenters. The second-order valence-corrected chi connectivity index (χ2v) is 4.75. The largest absolute Gasteiger partial charge is 0.333 e. The molecule has 0 amide bonds. The summed E-state index contributed by atoms with van der Waals surface area (Å²) in [7, 11) is 4.05. The molecule has 1 heterocycles. The van der Waals surface area contributed by atoms with Crippen LogP contribution in [0.4, 0.5) is 0 Å². The molecule has 0 fully saturated rings. The lowest BCUT2D eigenvalue weighted by atomic mass is 10.0. The fraction of sp³-hybridized carbons (Fsp3) is 0.400. The minimum Gasteiger partial charge on any atom is -0.333 e. The number of benzene rings is 1. The van der Waals surface area contributed by atoms with Crippen molar-refractivity contribution in [2.75, 3.05) is 7.05 Å². The van der Waals surface area contributed by atoms with Gasteiger partial charge in [-0.1, -0.05) is 24.3 Å². The van der Waals surface area contributed by atoms with Crippen LogP contribution < -0.4 is 5.32 Å². The molecule has 0 aliphatic heterocycles. The average Bonchev–Trinajstić information content (AvgIpc) is 2.60. The Hall–Kier alpha value is -1.61. The first-order valence-electron chi connectivity index (χ1n) is 6.33. The lowest BCUT2D eigenvalue weighted by Crippen LogP contribution is -2.11. The zero-order valence-corrected chi connectivity index (χ0v) is 11.6. The summed E-state index contributed by atoms with van der Waals surface area (Å²) in [5.41, 5.74) is 5.15. The summed E-state index contributed by atoms with van der Waals surface area (Å²) in [5.74, 6) is 1.10. The topological polar surface area (TPSA) is 29.9 Å². The van der Waals surface area contributed by atoms with Gasteiger partial charge in [0.05, 0.1) is 12.2 Å². The summed E-state index contributed by atoms with van der Waals surface area (Å²) in [5, 5.41) is 3.16. The van der Waals surface area contributed by atoms with Crippen LogP contribution in [-0.2, 0) is 20.0 Å². The molecule has 0 radical (unpaired) electrons. The van der Waals surface area contributed by atoms with Gasteiger partial charge < -0.3 is 9.88 Å². The normalized spacial score (nSPS) is 10.9. The summed E-state index contributed by atoms with van der Waals surface area (Å²) < 4.78 is 2.21. The third kappa shape index (κ3) is 2.46. The average molecular weight is 243 g/mol. The van der Waals surface area contributed by atoms with Gasteiger partial charge in [-0.15, -0.1) is 0 Å². The predicted molar refractivity (Wildman–Crippen MR) is 74.7 cm³/mol. The van der Waals surface area contributed by atoms with E-state index in [2.05, 4.69) is 60.0 Å². The van der Waals surface area contributed by atoms with Crippen molar-refractivity contribution >= 4 is 0 Å². The van der Waals surface area contributed by atoms with Gasteiger partial charge in [0.2, 0.25) is 0 Å². The number of nitrogens with zero attached hydrogens (tertiary/aromatic N) is 2. The van der Waals surface area contributed by atoms with Crippen LogP contribution in [0.3, 0.4) is 0 Å². The highest BCUT2D eigenvalue weighted by Crippen LogP contribution is 2.17. The van der Waals surface area contributed by atoms with E-state index in [-0.39, 0.29) is 0 Å². The number of aryl methyl sites for hydroxylation is 2. The maximum absolute atomic E-state index is 4.63. The van der Waals surface area contributed by atoms with E-state index >= 15 is 0 Å². The van der Waals surface area contributed by atoms with Gasteiger partial charge in [-0.2, -0.15) is 0 Å². The van der Waals surface area contributed by atoms with Crippen LogP contribution in [0, 0.1) is 13.8 Å². The van der Waals surface area contributed by atoms with Gasteiger partial charge in [0.1, 0.15) is 5.82 Å². The molecule has 0 bridgehead atoms. The van der Waals surface area contributed by atoms with E-state index in [0.29, 0.717) is 0 Å². The molecule has 96 valence electrons. The van der Waals surface area contributed by atoms with E-state index < -0.39 is 0 Å². The summed E-state index contributed by atoms with van der Waals surface area (Å²) >= 11 is 0. The first-order valence-corrected chi connectivity index (χ1v) is 6.33. The van der Waals surface area contributed by atoms with Gasteiger partial charge in [-0.25, -0.2) is 4.98 Å². The zero-order chi connectivity index (χ0) is 13.1. The summed E-state index contributed by atoms with van der Waals surface area (Å²) in [6, 6.07) is 8.54. The smallest absolute Gasteiger partial charge is 0.122 e. The maximum Gasteiger partial charge on any atom is 0.122 e. The van der Waals surface area contributed by atoms with Crippen molar-refractivity contribution in [3.8, 4) is 0 Å². The molecule has 0 spiro atoms.